The predicted molar refractivity (Wildman–Crippen MR) is 61.5 cm³/mol. The Morgan fingerprint density at radius 3 is 2.81 bits per heavy atom. The second-order valence-corrected chi connectivity index (χ2v) is 3.30. The van der Waals surface area contributed by atoms with E-state index in [1.54, 1.807) is 6.20 Å². The fourth-order valence-electron chi connectivity index (χ4n) is 1.38. The number of aromatic nitrogens is 2. The molecule has 0 radical (unpaired) electrons. The van der Waals surface area contributed by atoms with Crippen LogP contribution < -0.4 is 0 Å². The maximum atomic E-state index is 8.99. The first-order chi connectivity index (χ1) is 7.90. The van der Waals surface area contributed by atoms with Crippen molar-refractivity contribution < 1.29 is 5.11 Å². The van der Waals surface area contributed by atoms with Gasteiger partial charge in [0.15, 0.2) is 0 Å². The molecular formula is C13H12N2O. The van der Waals surface area contributed by atoms with E-state index in [2.05, 4.69) is 16.8 Å². The van der Waals surface area contributed by atoms with Gasteiger partial charge in [-0.1, -0.05) is 30.0 Å². The van der Waals surface area contributed by atoms with Crippen LogP contribution in [-0.2, 0) is 13.2 Å². The second-order valence-electron chi connectivity index (χ2n) is 3.30. The Morgan fingerprint density at radius 2 is 2.06 bits per heavy atom. The highest BCUT2D eigenvalue weighted by molar-refractivity contribution is 5.33. The van der Waals surface area contributed by atoms with Crippen molar-refractivity contribution in [1.29, 1.82) is 0 Å². The average Bonchev–Trinajstić information content (AvgIpc) is 2.78. The van der Waals surface area contributed by atoms with Gasteiger partial charge in [-0.2, -0.15) is 0 Å². The highest BCUT2D eigenvalue weighted by atomic mass is 16.3. The molecule has 3 nitrogen and oxygen atoms in total. The number of benzene rings is 1. The van der Waals surface area contributed by atoms with Gasteiger partial charge >= 0.3 is 0 Å². The Hall–Kier alpha value is -2.05. The van der Waals surface area contributed by atoms with E-state index in [4.69, 9.17) is 5.11 Å². The Labute approximate surface area is 94.4 Å². The molecule has 2 rings (SSSR count). The van der Waals surface area contributed by atoms with Gasteiger partial charge in [0.1, 0.15) is 12.4 Å². The first-order valence-electron chi connectivity index (χ1n) is 5.05. The first kappa shape index (κ1) is 10.5. The van der Waals surface area contributed by atoms with E-state index in [1.807, 2.05) is 41.1 Å². The van der Waals surface area contributed by atoms with Crippen molar-refractivity contribution in [2.24, 2.45) is 0 Å². The molecule has 0 fully saturated rings. The largest absolute Gasteiger partial charge is 0.388 e. The van der Waals surface area contributed by atoms with Crippen LogP contribution in [0.15, 0.2) is 42.7 Å². The number of aliphatic hydroxyl groups is 1. The topological polar surface area (TPSA) is 38.1 Å². The number of rotatable bonds is 2. The van der Waals surface area contributed by atoms with Crippen molar-refractivity contribution in [1.82, 2.24) is 9.55 Å². The average molecular weight is 212 g/mol. The molecule has 0 unspecified atom stereocenters. The van der Waals surface area contributed by atoms with Gasteiger partial charge in [0, 0.05) is 18.0 Å². The summed E-state index contributed by atoms with van der Waals surface area (Å²) in [6.07, 6.45) is 3.47. The number of hydrogen-bond donors (Lipinski definition) is 1. The van der Waals surface area contributed by atoms with E-state index in [0.717, 1.165) is 5.56 Å². The van der Waals surface area contributed by atoms with Gasteiger partial charge in [0.2, 0.25) is 0 Å². The lowest BCUT2D eigenvalue weighted by molar-refractivity contribution is 0.266. The fourth-order valence-corrected chi connectivity index (χ4v) is 1.38. The number of aliphatic hydroxyl groups excluding tert-OH is 1. The van der Waals surface area contributed by atoms with Crippen LogP contribution in [0.25, 0.3) is 0 Å². The number of hydrogen-bond acceptors (Lipinski definition) is 2. The van der Waals surface area contributed by atoms with Crippen LogP contribution in [0, 0.1) is 11.8 Å². The molecular weight excluding hydrogens is 200 g/mol. The molecule has 0 saturated heterocycles. The third kappa shape index (κ3) is 2.50. The molecule has 3 heteroatoms. The van der Waals surface area contributed by atoms with Crippen LogP contribution in [0.5, 0.6) is 0 Å². The van der Waals surface area contributed by atoms with Gasteiger partial charge in [-0.25, -0.2) is 4.98 Å². The minimum Gasteiger partial charge on any atom is -0.388 e. The Kier molecular flexibility index (Phi) is 3.37. The summed E-state index contributed by atoms with van der Waals surface area (Å²) in [6, 6.07) is 9.81. The van der Waals surface area contributed by atoms with Crippen molar-refractivity contribution in [2.45, 2.75) is 13.2 Å². The molecule has 0 aliphatic heterocycles. The molecule has 0 saturated carbocycles. The zero-order valence-corrected chi connectivity index (χ0v) is 8.80. The van der Waals surface area contributed by atoms with E-state index in [9.17, 15) is 0 Å². The third-order valence-electron chi connectivity index (χ3n) is 2.20. The Balaban J connectivity index is 2.06. The summed E-state index contributed by atoms with van der Waals surface area (Å²) >= 11 is 0. The van der Waals surface area contributed by atoms with Crippen molar-refractivity contribution in [3.63, 3.8) is 0 Å². The summed E-state index contributed by atoms with van der Waals surface area (Å²) in [5.74, 6) is 6.74. The van der Waals surface area contributed by atoms with E-state index < -0.39 is 0 Å². The SMILES string of the molecule is OCc1nccn1CC#Cc1ccccc1. The van der Waals surface area contributed by atoms with Crippen LogP contribution >= 0.6 is 0 Å². The molecule has 1 N–H and O–H groups in total. The summed E-state index contributed by atoms with van der Waals surface area (Å²) in [5.41, 5.74) is 0.994. The maximum Gasteiger partial charge on any atom is 0.135 e. The normalized spacial score (nSPS) is 9.56. The molecule has 1 heterocycles. The zero-order chi connectivity index (χ0) is 11.2. The highest BCUT2D eigenvalue weighted by Crippen LogP contribution is 1.97. The monoisotopic (exact) mass is 212 g/mol. The van der Waals surface area contributed by atoms with Crippen LogP contribution in [0.3, 0.4) is 0 Å². The molecule has 1 aromatic carbocycles. The van der Waals surface area contributed by atoms with Crippen LogP contribution in [0.4, 0.5) is 0 Å². The van der Waals surface area contributed by atoms with E-state index in [-0.39, 0.29) is 6.61 Å². The summed E-state index contributed by atoms with van der Waals surface area (Å²) in [6.45, 7) is 0.491. The van der Waals surface area contributed by atoms with E-state index >= 15 is 0 Å². The predicted octanol–water partition coefficient (Wildman–Crippen LogP) is 1.43. The van der Waals surface area contributed by atoms with Crippen molar-refractivity contribution >= 4 is 0 Å². The molecule has 0 aliphatic carbocycles. The molecule has 1 aromatic heterocycles. The van der Waals surface area contributed by atoms with Gasteiger partial charge in [0.25, 0.3) is 0 Å². The molecule has 0 spiro atoms. The summed E-state index contributed by atoms with van der Waals surface area (Å²) in [4.78, 5) is 4.01. The minimum atomic E-state index is -0.0555. The number of nitrogens with zero attached hydrogens (tertiary/aromatic N) is 2. The summed E-state index contributed by atoms with van der Waals surface area (Å²) < 4.78 is 1.83. The molecule has 0 bridgehead atoms. The smallest absolute Gasteiger partial charge is 0.135 e. The van der Waals surface area contributed by atoms with Crippen LogP contribution in [-0.4, -0.2) is 14.7 Å². The first-order valence-corrected chi connectivity index (χ1v) is 5.05. The lowest BCUT2D eigenvalue weighted by Gasteiger charge is -1.98. The molecule has 0 amide bonds. The van der Waals surface area contributed by atoms with Gasteiger partial charge in [-0.05, 0) is 12.1 Å². The molecule has 80 valence electrons. The Morgan fingerprint density at radius 1 is 1.25 bits per heavy atom. The van der Waals surface area contributed by atoms with Crippen molar-refractivity contribution in [3.05, 3.63) is 54.1 Å². The maximum absolute atomic E-state index is 8.99. The van der Waals surface area contributed by atoms with Gasteiger partial charge in [-0.15, -0.1) is 0 Å². The van der Waals surface area contributed by atoms with Crippen LogP contribution in [0.1, 0.15) is 11.4 Å². The van der Waals surface area contributed by atoms with Gasteiger partial charge in [-0.3, -0.25) is 0 Å². The summed E-state index contributed by atoms with van der Waals surface area (Å²) in [7, 11) is 0. The van der Waals surface area contributed by atoms with Gasteiger partial charge < -0.3 is 9.67 Å². The van der Waals surface area contributed by atoms with Gasteiger partial charge in [0.05, 0.1) is 6.54 Å². The van der Waals surface area contributed by atoms with Crippen LogP contribution in [0.2, 0.25) is 0 Å². The molecule has 2 aromatic rings. The second kappa shape index (κ2) is 5.15. The van der Waals surface area contributed by atoms with E-state index in [0.29, 0.717) is 12.4 Å². The molecule has 0 atom stereocenters. The zero-order valence-electron chi connectivity index (χ0n) is 8.80. The third-order valence-corrected chi connectivity index (χ3v) is 2.20. The highest BCUT2D eigenvalue weighted by Gasteiger charge is 1.97. The number of imidazole rings is 1. The van der Waals surface area contributed by atoms with E-state index in [1.165, 1.54) is 0 Å². The lowest BCUT2D eigenvalue weighted by Crippen LogP contribution is -2.01. The standard InChI is InChI=1S/C13H12N2O/c16-11-13-14-8-10-15(13)9-4-7-12-5-2-1-3-6-12/h1-3,5-6,8,10,16H,9,11H2. The summed E-state index contributed by atoms with van der Waals surface area (Å²) in [5, 5.41) is 8.99. The minimum absolute atomic E-state index is 0.0555. The lowest BCUT2D eigenvalue weighted by atomic mass is 10.2. The van der Waals surface area contributed by atoms with Crippen molar-refractivity contribution in [2.75, 3.05) is 0 Å². The molecule has 16 heavy (non-hydrogen) atoms. The fraction of sp³-hybridized carbons (Fsp3) is 0.154. The van der Waals surface area contributed by atoms with Crippen molar-refractivity contribution in [3.8, 4) is 11.8 Å². The Bertz CT molecular complexity index is 505. The quantitative estimate of drug-likeness (QED) is 0.765. The molecule has 0 aliphatic rings.